The average molecular weight is 300 g/mol. The Balaban J connectivity index is 2.15. The largest absolute Gasteiger partial charge is 0.376 e. The van der Waals surface area contributed by atoms with Gasteiger partial charge in [0, 0.05) is 25.4 Å². The standard InChI is InChI=1S/C15H16N4O3/c16-10-12(11-18-8-4-1-5-9-18)15(20)17-13-6-2-3-7-14(13)19(21)22/h2-3,6-7,11H,1,4-5,8-9H2,(H,17,20)/b12-11-. The molecule has 22 heavy (non-hydrogen) atoms. The third kappa shape index (κ3) is 3.82. The Morgan fingerprint density at radius 1 is 1.32 bits per heavy atom. The molecule has 114 valence electrons. The summed E-state index contributed by atoms with van der Waals surface area (Å²) in [6.07, 6.45) is 4.74. The van der Waals surface area contributed by atoms with Crippen molar-refractivity contribution >= 4 is 17.3 Å². The van der Waals surface area contributed by atoms with Crippen molar-refractivity contribution < 1.29 is 9.72 Å². The number of anilines is 1. The fourth-order valence-corrected chi connectivity index (χ4v) is 2.30. The Morgan fingerprint density at radius 2 is 2.00 bits per heavy atom. The first-order valence-electron chi connectivity index (χ1n) is 7.02. The summed E-state index contributed by atoms with van der Waals surface area (Å²) in [6, 6.07) is 7.70. The van der Waals surface area contributed by atoms with E-state index >= 15 is 0 Å². The molecule has 1 heterocycles. The molecule has 0 saturated carbocycles. The van der Waals surface area contributed by atoms with Crippen LogP contribution in [0.25, 0.3) is 0 Å². The van der Waals surface area contributed by atoms with E-state index in [1.165, 1.54) is 24.4 Å². The first-order chi connectivity index (χ1) is 10.6. The van der Waals surface area contributed by atoms with Crippen molar-refractivity contribution in [1.29, 1.82) is 5.26 Å². The quantitative estimate of drug-likeness (QED) is 0.398. The summed E-state index contributed by atoms with van der Waals surface area (Å²) >= 11 is 0. The molecule has 0 bridgehead atoms. The fraction of sp³-hybridized carbons (Fsp3) is 0.333. The van der Waals surface area contributed by atoms with E-state index in [-0.39, 0.29) is 16.9 Å². The van der Waals surface area contributed by atoms with Gasteiger partial charge in [0.1, 0.15) is 17.3 Å². The maximum Gasteiger partial charge on any atom is 0.292 e. The van der Waals surface area contributed by atoms with E-state index in [0.29, 0.717) is 0 Å². The number of hydrogen-bond acceptors (Lipinski definition) is 5. The van der Waals surface area contributed by atoms with E-state index < -0.39 is 10.8 Å². The minimum atomic E-state index is -0.637. The Morgan fingerprint density at radius 3 is 2.64 bits per heavy atom. The van der Waals surface area contributed by atoms with Crippen molar-refractivity contribution in [3.05, 3.63) is 46.2 Å². The van der Waals surface area contributed by atoms with Crippen LogP contribution in [0.2, 0.25) is 0 Å². The molecule has 1 saturated heterocycles. The number of nitro groups is 1. The molecule has 7 heteroatoms. The maximum absolute atomic E-state index is 12.1. The molecule has 1 N–H and O–H groups in total. The molecule has 0 atom stereocenters. The van der Waals surface area contributed by atoms with Crippen LogP contribution in [0.15, 0.2) is 36.0 Å². The summed E-state index contributed by atoms with van der Waals surface area (Å²) in [7, 11) is 0. The highest BCUT2D eigenvalue weighted by Crippen LogP contribution is 2.23. The van der Waals surface area contributed by atoms with E-state index in [9.17, 15) is 14.9 Å². The number of nitro benzene ring substituents is 1. The summed E-state index contributed by atoms with van der Waals surface area (Å²) < 4.78 is 0. The number of hydrogen-bond donors (Lipinski definition) is 1. The van der Waals surface area contributed by atoms with Gasteiger partial charge >= 0.3 is 0 Å². The first kappa shape index (κ1) is 15.5. The van der Waals surface area contributed by atoms with Crippen LogP contribution in [0.3, 0.4) is 0 Å². The zero-order chi connectivity index (χ0) is 15.9. The lowest BCUT2D eigenvalue weighted by Gasteiger charge is -2.25. The molecule has 1 amide bonds. The highest BCUT2D eigenvalue weighted by Gasteiger charge is 2.18. The highest BCUT2D eigenvalue weighted by molar-refractivity contribution is 6.07. The normalized spacial score (nSPS) is 15.0. The molecule has 2 rings (SSSR count). The van der Waals surface area contributed by atoms with Crippen molar-refractivity contribution in [3.63, 3.8) is 0 Å². The first-order valence-corrected chi connectivity index (χ1v) is 7.02. The number of carbonyl (C=O) groups is 1. The predicted molar refractivity (Wildman–Crippen MR) is 80.8 cm³/mol. The van der Waals surface area contributed by atoms with Gasteiger partial charge in [0.05, 0.1) is 4.92 Å². The molecule has 1 aromatic rings. The van der Waals surface area contributed by atoms with Crippen LogP contribution in [0, 0.1) is 21.4 Å². The second-order valence-electron chi connectivity index (χ2n) is 4.98. The highest BCUT2D eigenvalue weighted by atomic mass is 16.6. The van der Waals surface area contributed by atoms with Gasteiger partial charge in [-0.05, 0) is 25.3 Å². The smallest absolute Gasteiger partial charge is 0.292 e. The van der Waals surface area contributed by atoms with Crippen LogP contribution in [0.1, 0.15) is 19.3 Å². The second-order valence-corrected chi connectivity index (χ2v) is 4.98. The van der Waals surface area contributed by atoms with Gasteiger partial charge in [-0.2, -0.15) is 5.26 Å². The topological polar surface area (TPSA) is 99.3 Å². The van der Waals surface area contributed by atoms with E-state index in [1.54, 1.807) is 6.07 Å². The van der Waals surface area contributed by atoms with Gasteiger partial charge in [-0.25, -0.2) is 0 Å². The van der Waals surface area contributed by atoms with Crippen molar-refractivity contribution in [3.8, 4) is 6.07 Å². The number of piperidine rings is 1. The second kappa shape index (κ2) is 7.22. The number of para-hydroxylation sites is 2. The van der Waals surface area contributed by atoms with Crippen molar-refractivity contribution in [2.24, 2.45) is 0 Å². The van der Waals surface area contributed by atoms with Crippen LogP contribution in [0.4, 0.5) is 11.4 Å². The SMILES string of the molecule is N#C/C(=C/N1CCCCC1)C(=O)Nc1ccccc1[N+](=O)[O-]. The molecule has 1 aliphatic heterocycles. The monoisotopic (exact) mass is 300 g/mol. The van der Waals surface area contributed by atoms with Gasteiger partial charge in [0.2, 0.25) is 0 Å². The van der Waals surface area contributed by atoms with Crippen LogP contribution in [0.5, 0.6) is 0 Å². The lowest BCUT2D eigenvalue weighted by Crippen LogP contribution is -2.26. The van der Waals surface area contributed by atoms with Gasteiger partial charge in [-0.1, -0.05) is 12.1 Å². The zero-order valence-corrected chi connectivity index (χ0v) is 12.0. The van der Waals surface area contributed by atoms with Crippen LogP contribution in [-0.2, 0) is 4.79 Å². The van der Waals surface area contributed by atoms with E-state index in [1.807, 2.05) is 11.0 Å². The molecule has 0 aliphatic carbocycles. The minimum Gasteiger partial charge on any atom is -0.376 e. The number of amides is 1. The van der Waals surface area contributed by atoms with Crippen LogP contribution in [-0.4, -0.2) is 28.8 Å². The van der Waals surface area contributed by atoms with E-state index in [2.05, 4.69) is 5.32 Å². The molecule has 1 fully saturated rings. The van der Waals surface area contributed by atoms with Gasteiger partial charge in [0.15, 0.2) is 0 Å². The summed E-state index contributed by atoms with van der Waals surface area (Å²) in [6.45, 7) is 1.62. The number of nitrogens with one attached hydrogen (secondary N) is 1. The molecule has 0 radical (unpaired) electrons. The third-order valence-electron chi connectivity index (χ3n) is 3.42. The number of nitriles is 1. The number of nitrogens with zero attached hydrogens (tertiary/aromatic N) is 3. The summed E-state index contributed by atoms with van der Waals surface area (Å²) in [4.78, 5) is 24.4. The number of rotatable bonds is 4. The van der Waals surface area contributed by atoms with Gasteiger partial charge < -0.3 is 10.2 Å². The number of benzene rings is 1. The van der Waals surface area contributed by atoms with Crippen molar-refractivity contribution in [2.75, 3.05) is 18.4 Å². The molecule has 0 aromatic heterocycles. The molecule has 7 nitrogen and oxygen atoms in total. The lowest BCUT2D eigenvalue weighted by molar-refractivity contribution is -0.383. The average Bonchev–Trinajstić information content (AvgIpc) is 2.53. The van der Waals surface area contributed by atoms with Crippen LogP contribution >= 0.6 is 0 Å². The zero-order valence-electron chi connectivity index (χ0n) is 12.0. The van der Waals surface area contributed by atoms with Crippen molar-refractivity contribution in [2.45, 2.75) is 19.3 Å². The summed E-state index contributed by atoms with van der Waals surface area (Å²) in [5.41, 5.74) is -0.177. The summed E-state index contributed by atoms with van der Waals surface area (Å²) in [5.74, 6) is -0.637. The number of likely N-dealkylation sites (tertiary alicyclic amines) is 1. The minimum absolute atomic E-state index is 0.0555. The summed E-state index contributed by atoms with van der Waals surface area (Å²) in [5, 5.41) is 22.5. The maximum atomic E-state index is 12.1. The molecule has 0 spiro atoms. The predicted octanol–water partition coefficient (Wildman–Crippen LogP) is 2.43. The third-order valence-corrected chi connectivity index (χ3v) is 3.42. The number of carbonyl (C=O) groups excluding carboxylic acids is 1. The fourth-order valence-electron chi connectivity index (χ4n) is 2.30. The Bertz CT molecular complexity index is 642. The lowest BCUT2D eigenvalue weighted by atomic mass is 10.1. The van der Waals surface area contributed by atoms with E-state index in [0.717, 1.165) is 32.4 Å². The van der Waals surface area contributed by atoms with Crippen molar-refractivity contribution in [1.82, 2.24) is 4.90 Å². The van der Waals surface area contributed by atoms with E-state index in [4.69, 9.17) is 5.26 Å². The molecule has 0 unspecified atom stereocenters. The van der Waals surface area contributed by atoms with Gasteiger partial charge in [-0.15, -0.1) is 0 Å². The van der Waals surface area contributed by atoms with Gasteiger partial charge in [0.25, 0.3) is 11.6 Å². The molecule has 1 aromatic carbocycles. The Kier molecular flexibility index (Phi) is 5.09. The molecular formula is C15H16N4O3. The van der Waals surface area contributed by atoms with Crippen LogP contribution < -0.4 is 5.32 Å². The Hall–Kier alpha value is -2.88. The molecule has 1 aliphatic rings. The molecular weight excluding hydrogens is 284 g/mol. The van der Waals surface area contributed by atoms with Gasteiger partial charge in [-0.3, -0.25) is 14.9 Å². The Labute approximate surface area is 128 Å².